The van der Waals surface area contributed by atoms with E-state index < -0.39 is 12.0 Å². The summed E-state index contributed by atoms with van der Waals surface area (Å²) in [6.45, 7) is 1.69. The van der Waals surface area contributed by atoms with E-state index in [4.69, 9.17) is 16.3 Å². The monoisotopic (exact) mass is 292 g/mol. The number of hydrogen-bond acceptors (Lipinski definition) is 5. The maximum Gasteiger partial charge on any atom is 0.358 e. The van der Waals surface area contributed by atoms with Crippen LogP contribution in [0.5, 0.6) is 0 Å². The van der Waals surface area contributed by atoms with Crippen LogP contribution in [0.1, 0.15) is 29.1 Å². The maximum absolute atomic E-state index is 12.4. The van der Waals surface area contributed by atoms with E-state index in [-0.39, 0.29) is 5.69 Å². The second kappa shape index (κ2) is 4.50. The quantitative estimate of drug-likeness (QED) is 0.756. The minimum Gasteiger partial charge on any atom is -0.758 e. The van der Waals surface area contributed by atoms with Crippen molar-refractivity contribution >= 4 is 23.3 Å². The van der Waals surface area contributed by atoms with E-state index in [1.807, 2.05) is 0 Å². The summed E-state index contributed by atoms with van der Waals surface area (Å²) in [5.41, 5.74) is 1.62. The van der Waals surface area contributed by atoms with Gasteiger partial charge in [0.1, 0.15) is 6.33 Å². The van der Waals surface area contributed by atoms with Gasteiger partial charge in [0.2, 0.25) is 0 Å². The van der Waals surface area contributed by atoms with Gasteiger partial charge in [-0.2, -0.15) is 0 Å². The molecule has 1 aliphatic rings. The second-order valence-corrected chi connectivity index (χ2v) is 4.86. The van der Waals surface area contributed by atoms with E-state index in [0.717, 1.165) is 5.06 Å². The average molecular weight is 293 g/mol. The van der Waals surface area contributed by atoms with Crippen LogP contribution in [0.4, 0.5) is 5.69 Å². The molecule has 1 aromatic carbocycles. The minimum atomic E-state index is -0.584. The molecule has 0 radical (unpaired) electrons. The zero-order chi connectivity index (χ0) is 14.4. The summed E-state index contributed by atoms with van der Waals surface area (Å²) in [7, 11) is 1.28. The Hall–Kier alpha value is -2.05. The van der Waals surface area contributed by atoms with Crippen molar-refractivity contribution in [3.63, 3.8) is 0 Å². The van der Waals surface area contributed by atoms with Gasteiger partial charge in [-0.3, -0.25) is 4.57 Å². The lowest BCUT2D eigenvalue weighted by Gasteiger charge is -2.43. The van der Waals surface area contributed by atoms with Crippen molar-refractivity contribution in [2.45, 2.75) is 13.0 Å². The summed E-state index contributed by atoms with van der Waals surface area (Å²) in [5, 5.41) is 13.6. The highest BCUT2D eigenvalue weighted by Gasteiger charge is 2.31. The molecule has 0 spiro atoms. The highest BCUT2D eigenvalue weighted by molar-refractivity contribution is 6.33. The van der Waals surface area contributed by atoms with Crippen LogP contribution in [-0.2, 0) is 4.74 Å². The third kappa shape index (κ3) is 1.62. The van der Waals surface area contributed by atoms with E-state index in [9.17, 15) is 10.0 Å². The number of hydrogen-bond donors (Lipinski definition) is 0. The molecule has 1 unspecified atom stereocenters. The molecule has 7 heteroatoms. The van der Waals surface area contributed by atoms with Crippen LogP contribution in [0.15, 0.2) is 24.5 Å². The third-order valence-corrected chi connectivity index (χ3v) is 3.68. The van der Waals surface area contributed by atoms with Gasteiger partial charge in [-0.15, -0.1) is 0 Å². The molecule has 1 aliphatic heterocycles. The van der Waals surface area contributed by atoms with Crippen LogP contribution < -0.4 is 5.06 Å². The van der Waals surface area contributed by atoms with Crippen LogP contribution in [0.25, 0.3) is 5.69 Å². The first-order valence-corrected chi connectivity index (χ1v) is 6.35. The number of esters is 1. The Labute approximate surface area is 120 Å². The number of benzene rings is 1. The van der Waals surface area contributed by atoms with Gasteiger partial charge in [-0.25, -0.2) is 9.78 Å². The summed E-state index contributed by atoms with van der Waals surface area (Å²) in [4.78, 5) is 15.8. The van der Waals surface area contributed by atoms with Crippen molar-refractivity contribution in [3.05, 3.63) is 46.1 Å². The molecule has 0 saturated heterocycles. The van der Waals surface area contributed by atoms with E-state index in [0.29, 0.717) is 22.1 Å². The number of rotatable bonds is 1. The zero-order valence-electron chi connectivity index (χ0n) is 10.8. The molecule has 0 bridgehead atoms. The van der Waals surface area contributed by atoms with Crippen molar-refractivity contribution in [1.29, 1.82) is 0 Å². The molecule has 1 aromatic heterocycles. The van der Waals surface area contributed by atoms with Gasteiger partial charge >= 0.3 is 5.97 Å². The lowest BCUT2D eigenvalue weighted by atomic mass is 10.1. The number of hydroxylamine groups is 1. The maximum atomic E-state index is 12.4. The first-order chi connectivity index (χ1) is 9.56. The molecule has 0 amide bonds. The molecule has 0 aliphatic carbocycles. The van der Waals surface area contributed by atoms with Crippen molar-refractivity contribution in [1.82, 2.24) is 9.55 Å². The lowest BCUT2D eigenvalue weighted by Crippen LogP contribution is -2.29. The van der Waals surface area contributed by atoms with Gasteiger partial charge in [0, 0.05) is 0 Å². The predicted molar refractivity (Wildman–Crippen MR) is 74.2 cm³/mol. The number of imidazole rings is 1. The topological polar surface area (TPSA) is 70.4 Å². The van der Waals surface area contributed by atoms with Crippen molar-refractivity contribution in [3.8, 4) is 5.69 Å². The summed E-state index contributed by atoms with van der Waals surface area (Å²) >= 11 is 6.10. The van der Waals surface area contributed by atoms with Crippen LogP contribution in [0.2, 0.25) is 5.02 Å². The highest BCUT2D eigenvalue weighted by atomic mass is 35.5. The zero-order valence-corrected chi connectivity index (χ0v) is 11.6. The van der Waals surface area contributed by atoms with E-state index >= 15 is 0 Å². The van der Waals surface area contributed by atoms with Gasteiger partial charge < -0.3 is 15.0 Å². The molecule has 1 atom stereocenters. The number of methoxy groups -OCH3 is 1. The summed E-state index contributed by atoms with van der Waals surface area (Å²) in [5.74, 6) is -0.565. The largest absolute Gasteiger partial charge is 0.758 e. The minimum absolute atomic E-state index is 0.145. The van der Waals surface area contributed by atoms with E-state index in [1.54, 1.807) is 29.7 Å². The van der Waals surface area contributed by atoms with Gasteiger partial charge in [-0.1, -0.05) is 17.7 Å². The number of halogens is 1. The van der Waals surface area contributed by atoms with E-state index in [1.165, 1.54) is 13.4 Å². The fourth-order valence-corrected chi connectivity index (χ4v) is 2.68. The standard InChI is InChI=1S/C13H11ClN3O3/c1-7-11-10(13(18)20-2)15-6-16(11)9-5-3-4-8(14)12(9)17(7)19/h3-7H,1-2H3/q-1. The molecule has 0 saturated carbocycles. The van der Waals surface area contributed by atoms with Crippen LogP contribution >= 0.6 is 11.6 Å². The van der Waals surface area contributed by atoms with Crippen LogP contribution in [-0.4, -0.2) is 22.6 Å². The van der Waals surface area contributed by atoms with Crippen molar-refractivity contribution in [2.24, 2.45) is 0 Å². The Kier molecular flexibility index (Phi) is 2.92. The first kappa shape index (κ1) is 13.0. The van der Waals surface area contributed by atoms with Crippen LogP contribution in [0, 0.1) is 5.21 Å². The molecule has 2 heterocycles. The van der Waals surface area contributed by atoms with Gasteiger partial charge in [0.25, 0.3) is 0 Å². The molecular formula is C13H11ClN3O3-. The number of carbonyl (C=O) groups excluding carboxylic acids is 1. The Morgan fingerprint density at radius 2 is 2.25 bits per heavy atom. The van der Waals surface area contributed by atoms with Gasteiger partial charge in [0.15, 0.2) is 5.69 Å². The Balaban J connectivity index is 2.29. The second-order valence-electron chi connectivity index (χ2n) is 4.45. The molecule has 6 nitrogen and oxygen atoms in total. The molecular weight excluding hydrogens is 282 g/mol. The van der Waals surface area contributed by atoms with E-state index in [2.05, 4.69) is 4.98 Å². The number of anilines is 1. The number of ether oxygens (including phenoxy) is 1. The normalized spacial score (nSPS) is 16.6. The molecule has 3 rings (SSSR count). The SMILES string of the molecule is COC(=O)c1ncn2c1C(C)N([O-])c1c(Cl)cccc1-2. The van der Waals surface area contributed by atoms with Crippen molar-refractivity contribution < 1.29 is 9.53 Å². The number of aromatic nitrogens is 2. The summed E-state index contributed by atoms with van der Waals surface area (Å²) < 4.78 is 6.40. The number of fused-ring (bicyclic) bond motifs is 3. The molecule has 2 aromatic rings. The summed E-state index contributed by atoms with van der Waals surface area (Å²) in [6, 6.07) is 4.57. The third-order valence-electron chi connectivity index (χ3n) is 3.38. The Bertz CT molecular complexity index is 698. The number of para-hydroxylation sites is 1. The first-order valence-electron chi connectivity index (χ1n) is 5.97. The Morgan fingerprint density at radius 1 is 1.50 bits per heavy atom. The Morgan fingerprint density at radius 3 is 2.95 bits per heavy atom. The van der Waals surface area contributed by atoms with Crippen LogP contribution in [0.3, 0.4) is 0 Å². The highest BCUT2D eigenvalue weighted by Crippen LogP contribution is 2.42. The fourth-order valence-electron chi connectivity index (χ4n) is 2.42. The molecule has 20 heavy (non-hydrogen) atoms. The predicted octanol–water partition coefficient (Wildman–Crippen LogP) is 2.69. The summed E-state index contributed by atoms with van der Waals surface area (Å²) in [6.07, 6.45) is 1.50. The van der Waals surface area contributed by atoms with Gasteiger partial charge in [0.05, 0.1) is 35.2 Å². The van der Waals surface area contributed by atoms with Crippen molar-refractivity contribution in [2.75, 3.05) is 12.2 Å². The average Bonchev–Trinajstić information content (AvgIpc) is 2.88. The smallest absolute Gasteiger partial charge is 0.358 e. The number of nitrogens with zero attached hydrogens (tertiary/aromatic N) is 3. The lowest BCUT2D eigenvalue weighted by molar-refractivity contribution is 0.0592. The fraction of sp³-hybridized carbons (Fsp3) is 0.231. The number of carbonyl (C=O) groups is 1. The molecule has 0 fully saturated rings. The van der Waals surface area contributed by atoms with Gasteiger partial charge in [-0.05, 0) is 19.1 Å². The molecule has 104 valence electrons. The molecule has 0 N–H and O–H groups in total.